The number of nitrogens with zero attached hydrogens (tertiary/aromatic N) is 2. The summed E-state index contributed by atoms with van der Waals surface area (Å²) >= 11 is 3.41. The molecule has 4 N–H and O–H groups in total. The van der Waals surface area contributed by atoms with Gasteiger partial charge in [0, 0.05) is 12.8 Å². The average Bonchev–Trinajstić information content (AvgIpc) is 2.36. The summed E-state index contributed by atoms with van der Waals surface area (Å²) < 4.78 is 6.26. The van der Waals surface area contributed by atoms with Gasteiger partial charge in [-0.3, -0.25) is 5.43 Å². The van der Waals surface area contributed by atoms with Crippen molar-refractivity contribution in [1.82, 2.24) is 9.97 Å². The second-order valence-electron chi connectivity index (χ2n) is 4.19. The maximum Gasteiger partial charge on any atom is 0.239 e. The third-order valence-electron chi connectivity index (χ3n) is 2.50. The fourth-order valence-electron chi connectivity index (χ4n) is 1.36. The predicted molar refractivity (Wildman–Crippen MR) is 76.3 cm³/mol. The molecular weight excluding hydrogens is 298 g/mol. The van der Waals surface area contributed by atoms with E-state index in [0.29, 0.717) is 30.9 Å². The first-order chi connectivity index (χ1) is 8.58. The van der Waals surface area contributed by atoms with Crippen LogP contribution in [0.3, 0.4) is 0 Å². The number of nitrogen functional groups attached to an aromatic ring is 1. The minimum atomic E-state index is 0.182. The monoisotopic (exact) mass is 317 g/mol. The van der Waals surface area contributed by atoms with Crippen molar-refractivity contribution < 1.29 is 4.74 Å². The fraction of sp³-hybridized carbons (Fsp3) is 0.636. The van der Waals surface area contributed by atoms with Gasteiger partial charge in [0.1, 0.15) is 5.82 Å². The summed E-state index contributed by atoms with van der Waals surface area (Å²) in [6, 6.07) is 0.182. The van der Waals surface area contributed by atoms with Crippen molar-refractivity contribution in [3.05, 3.63) is 10.7 Å². The third-order valence-corrected chi connectivity index (χ3v) is 3.08. The van der Waals surface area contributed by atoms with Gasteiger partial charge in [-0.2, -0.15) is 4.98 Å². The number of hydrazine groups is 1. The molecule has 1 aromatic heterocycles. The molecule has 0 saturated heterocycles. The van der Waals surface area contributed by atoms with Crippen LogP contribution in [0, 0.1) is 5.92 Å². The Kier molecular flexibility index (Phi) is 6.31. The van der Waals surface area contributed by atoms with Crippen LogP contribution in [0.4, 0.5) is 11.8 Å². The highest BCUT2D eigenvalue weighted by atomic mass is 79.9. The molecule has 0 spiro atoms. The van der Waals surface area contributed by atoms with Crippen LogP contribution in [0.5, 0.6) is 0 Å². The number of anilines is 2. The number of hydrogen-bond donors (Lipinski definition) is 3. The number of rotatable bonds is 7. The topological polar surface area (TPSA) is 85.1 Å². The SMILES string of the molecule is CCOCC(Nc1nc(NN)ncc1Br)C(C)C. The lowest BCUT2D eigenvalue weighted by atomic mass is 10.1. The molecule has 1 heterocycles. The van der Waals surface area contributed by atoms with Crippen LogP contribution in [0.15, 0.2) is 10.7 Å². The van der Waals surface area contributed by atoms with Gasteiger partial charge in [-0.25, -0.2) is 10.8 Å². The Balaban J connectivity index is 2.78. The molecule has 0 bridgehead atoms. The molecule has 102 valence electrons. The quantitative estimate of drug-likeness (QED) is 0.527. The summed E-state index contributed by atoms with van der Waals surface area (Å²) in [5, 5.41) is 3.34. The predicted octanol–water partition coefficient (Wildman–Crippen LogP) is 2.00. The largest absolute Gasteiger partial charge is 0.380 e. The standard InChI is InChI=1S/C11H20BrN5O/c1-4-18-6-9(7(2)3)15-10-8(12)5-14-11(16-10)17-13/h5,7,9H,4,6,13H2,1-3H3,(H2,14,15,16,17). The number of hydrogen-bond acceptors (Lipinski definition) is 6. The zero-order valence-electron chi connectivity index (χ0n) is 10.9. The summed E-state index contributed by atoms with van der Waals surface area (Å²) in [7, 11) is 0. The van der Waals surface area contributed by atoms with Gasteiger partial charge in [-0.15, -0.1) is 0 Å². The van der Waals surface area contributed by atoms with Crippen LogP contribution < -0.4 is 16.6 Å². The van der Waals surface area contributed by atoms with Crippen LogP contribution in [0.25, 0.3) is 0 Å². The van der Waals surface area contributed by atoms with Gasteiger partial charge in [0.25, 0.3) is 0 Å². The molecule has 7 heteroatoms. The fourth-order valence-corrected chi connectivity index (χ4v) is 1.66. The highest BCUT2D eigenvalue weighted by molar-refractivity contribution is 9.10. The molecule has 0 saturated carbocycles. The van der Waals surface area contributed by atoms with E-state index in [4.69, 9.17) is 10.6 Å². The maximum absolute atomic E-state index is 5.46. The molecule has 0 aliphatic carbocycles. The lowest BCUT2D eigenvalue weighted by Gasteiger charge is -2.23. The van der Waals surface area contributed by atoms with Gasteiger partial charge in [-0.05, 0) is 28.8 Å². The smallest absolute Gasteiger partial charge is 0.239 e. The van der Waals surface area contributed by atoms with Gasteiger partial charge >= 0.3 is 0 Å². The van der Waals surface area contributed by atoms with E-state index in [2.05, 4.69) is 50.5 Å². The number of nitrogens with one attached hydrogen (secondary N) is 2. The third kappa shape index (κ3) is 4.40. The number of aromatic nitrogens is 2. The lowest BCUT2D eigenvalue weighted by molar-refractivity contribution is 0.126. The maximum atomic E-state index is 5.46. The Bertz CT molecular complexity index is 374. The number of halogens is 1. The second-order valence-corrected chi connectivity index (χ2v) is 5.04. The molecule has 1 atom stereocenters. The molecule has 6 nitrogen and oxygen atoms in total. The van der Waals surface area contributed by atoms with Crippen LogP contribution in [-0.4, -0.2) is 29.2 Å². The zero-order valence-corrected chi connectivity index (χ0v) is 12.5. The summed E-state index contributed by atoms with van der Waals surface area (Å²) in [5.41, 5.74) is 2.43. The van der Waals surface area contributed by atoms with Crippen molar-refractivity contribution in [2.75, 3.05) is 24.0 Å². The van der Waals surface area contributed by atoms with Crippen LogP contribution in [-0.2, 0) is 4.74 Å². The summed E-state index contributed by atoms with van der Waals surface area (Å²) in [4.78, 5) is 8.27. The highest BCUT2D eigenvalue weighted by Crippen LogP contribution is 2.22. The van der Waals surface area contributed by atoms with Crippen molar-refractivity contribution in [1.29, 1.82) is 0 Å². The van der Waals surface area contributed by atoms with E-state index >= 15 is 0 Å². The van der Waals surface area contributed by atoms with Crippen molar-refractivity contribution >= 4 is 27.7 Å². The number of ether oxygens (including phenoxy) is 1. The van der Waals surface area contributed by atoms with Gasteiger partial charge < -0.3 is 10.1 Å². The van der Waals surface area contributed by atoms with E-state index in [1.54, 1.807) is 6.20 Å². The van der Waals surface area contributed by atoms with Crippen molar-refractivity contribution in [2.24, 2.45) is 11.8 Å². The van der Waals surface area contributed by atoms with E-state index in [0.717, 1.165) is 4.47 Å². The van der Waals surface area contributed by atoms with Crippen LogP contribution in [0.1, 0.15) is 20.8 Å². The van der Waals surface area contributed by atoms with Crippen molar-refractivity contribution in [3.63, 3.8) is 0 Å². The minimum absolute atomic E-state index is 0.182. The molecule has 0 aromatic carbocycles. The molecule has 0 aliphatic heterocycles. The molecule has 18 heavy (non-hydrogen) atoms. The molecule has 0 radical (unpaired) electrons. The second kappa shape index (κ2) is 7.50. The Morgan fingerprint density at radius 3 is 2.78 bits per heavy atom. The molecule has 0 fully saturated rings. The van der Waals surface area contributed by atoms with Crippen molar-refractivity contribution in [2.45, 2.75) is 26.8 Å². The Morgan fingerprint density at radius 2 is 2.22 bits per heavy atom. The Hall–Kier alpha value is -0.920. The van der Waals surface area contributed by atoms with Gasteiger partial charge in [-0.1, -0.05) is 13.8 Å². The summed E-state index contributed by atoms with van der Waals surface area (Å²) in [5.74, 6) is 6.80. The molecule has 1 aromatic rings. The minimum Gasteiger partial charge on any atom is -0.380 e. The summed E-state index contributed by atoms with van der Waals surface area (Å²) in [6.07, 6.45) is 1.66. The van der Waals surface area contributed by atoms with E-state index in [1.165, 1.54) is 0 Å². The molecule has 1 unspecified atom stereocenters. The average molecular weight is 318 g/mol. The normalized spacial score (nSPS) is 12.6. The van der Waals surface area contributed by atoms with E-state index in [-0.39, 0.29) is 6.04 Å². The van der Waals surface area contributed by atoms with E-state index in [1.807, 2.05) is 6.92 Å². The van der Waals surface area contributed by atoms with Crippen LogP contribution >= 0.6 is 15.9 Å². The highest BCUT2D eigenvalue weighted by Gasteiger charge is 2.16. The first kappa shape index (κ1) is 15.1. The zero-order chi connectivity index (χ0) is 13.5. The van der Waals surface area contributed by atoms with Crippen LogP contribution in [0.2, 0.25) is 0 Å². The molecule has 0 amide bonds. The summed E-state index contributed by atoms with van der Waals surface area (Å²) in [6.45, 7) is 7.58. The first-order valence-electron chi connectivity index (χ1n) is 5.91. The Labute approximate surface area is 116 Å². The van der Waals surface area contributed by atoms with E-state index < -0.39 is 0 Å². The molecule has 1 rings (SSSR count). The first-order valence-corrected chi connectivity index (χ1v) is 6.71. The van der Waals surface area contributed by atoms with Gasteiger partial charge in [0.2, 0.25) is 5.95 Å². The molecule has 0 aliphatic rings. The lowest BCUT2D eigenvalue weighted by Crippen LogP contribution is -2.31. The Morgan fingerprint density at radius 1 is 1.50 bits per heavy atom. The van der Waals surface area contributed by atoms with Crippen molar-refractivity contribution in [3.8, 4) is 0 Å². The number of nitrogens with two attached hydrogens (primary N) is 1. The van der Waals surface area contributed by atoms with Gasteiger partial charge in [0.15, 0.2) is 0 Å². The molecular formula is C11H20BrN5O. The van der Waals surface area contributed by atoms with E-state index in [9.17, 15) is 0 Å². The van der Waals surface area contributed by atoms with Gasteiger partial charge in [0.05, 0.1) is 17.1 Å².